The van der Waals surface area contributed by atoms with Gasteiger partial charge in [0.1, 0.15) is 0 Å². The molecule has 160 valence electrons. The van der Waals surface area contributed by atoms with E-state index in [1.165, 1.54) is 6.07 Å². The summed E-state index contributed by atoms with van der Waals surface area (Å²) >= 11 is 0. The predicted molar refractivity (Wildman–Crippen MR) is 115 cm³/mol. The minimum Gasteiger partial charge on any atom is -0.309 e. The SMILES string of the molecule is Cc1cn2nc(-c3cc(F)c4nc(NC(=O)C5CN(C(C)C)C5)cn4c3)cc(C)c2n1. The predicted octanol–water partition coefficient (Wildman–Crippen LogP) is 3.08. The van der Waals surface area contributed by atoms with E-state index in [0.717, 1.165) is 30.0 Å². The zero-order chi connectivity index (χ0) is 21.9. The van der Waals surface area contributed by atoms with Gasteiger partial charge in [-0.2, -0.15) is 5.10 Å². The van der Waals surface area contributed by atoms with Crippen molar-refractivity contribution in [3.63, 3.8) is 0 Å². The first-order valence-corrected chi connectivity index (χ1v) is 10.4. The van der Waals surface area contributed by atoms with Crippen molar-refractivity contribution in [3.8, 4) is 11.3 Å². The van der Waals surface area contributed by atoms with Gasteiger partial charge in [-0.25, -0.2) is 18.9 Å². The molecule has 8 nitrogen and oxygen atoms in total. The summed E-state index contributed by atoms with van der Waals surface area (Å²) in [4.78, 5) is 23.4. The van der Waals surface area contributed by atoms with Crippen LogP contribution in [0.15, 0.2) is 30.7 Å². The van der Waals surface area contributed by atoms with Crippen LogP contribution in [0.3, 0.4) is 0 Å². The fourth-order valence-electron chi connectivity index (χ4n) is 3.97. The first kappa shape index (κ1) is 19.6. The van der Waals surface area contributed by atoms with Crippen LogP contribution in [0.1, 0.15) is 25.1 Å². The number of likely N-dealkylation sites (tertiary alicyclic amines) is 1. The molecule has 0 aromatic carbocycles. The van der Waals surface area contributed by atoms with Gasteiger partial charge in [-0.3, -0.25) is 9.69 Å². The highest BCUT2D eigenvalue weighted by molar-refractivity contribution is 5.92. The number of nitrogens with zero attached hydrogens (tertiary/aromatic N) is 6. The van der Waals surface area contributed by atoms with Gasteiger partial charge >= 0.3 is 0 Å². The highest BCUT2D eigenvalue weighted by Crippen LogP contribution is 2.25. The molecule has 0 aliphatic carbocycles. The number of nitrogens with one attached hydrogen (secondary N) is 1. The molecule has 4 aromatic heterocycles. The van der Waals surface area contributed by atoms with Gasteiger partial charge in [0.15, 0.2) is 22.9 Å². The Bertz CT molecular complexity index is 1320. The topological polar surface area (TPSA) is 79.8 Å². The van der Waals surface area contributed by atoms with Gasteiger partial charge < -0.3 is 9.72 Å². The smallest absolute Gasteiger partial charge is 0.231 e. The van der Waals surface area contributed by atoms with E-state index >= 15 is 0 Å². The summed E-state index contributed by atoms with van der Waals surface area (Å²) in [5, 5.41) is 7.40. The van der Waals surface area contributed by atoms with E-state index in [1.54, 1.807) is 21.3 Å². The lowest BCUT2D eigenvalue weighted by Gasteiger charge is -2.40. The molecule has 5 rings (SSSR count). The third-order valence-electron chi connectivity index (χ3n) is 5.79. The number of carbonyl (C=O) groups is 1. The van der Waals surface area contributed by atoms with E-state index in [2.05, 4.69) is 39.1 Å². The van der Waals surface area contributed by atoms with Crippen LogP contribution >= 0.6 is 0 Å². The van der Waals surface area contributed by atoms with Crippen LogP contribution in [0, 0.1) is 25.6 Å². The Kier molecular flexibility index (Phi) is 4.51. The molecule has 0 radical (unpaired) electrons. The van der Waals surface area contributed by atoms with E-state index in [-0.39, 0.29) is 17.5 Å². The van der Waals surface area contributed by atoms with Crippen LogP contribution < -0.4 is 5.32 Å². The van der Waals surface area contributed by atoms with E-state index in [1.807, 2.05) is 26.1 Å². The Balaban J connectivity index is 1.43. The standard InChI is InChI=1S/C22H24FN7O/c1-12(2)28-9-16(10-28)22(31)26-19-11-29-8-15(6-17(23)21(29)25-19)18-5-13(3)20-24-14(4)7-30(20)27-18/h5-8,11-12,16H,9-10H2,1-4H3,(H,26,31). The van der Waals surface area contributed by atoms with Gasteiger partial charge in [-0.05, 0) is 45.4 Å². The zero-order valence-corrected chi connectivity index (χ0v) is 17.9. The van der Waals surface area contributed by atoms with Crippen LogP contribution in [0.5, 0.6) is 0 Å². The molecule has 0 spiro atoms. The molecule has 0 atom stereocenters. The number of rotatable bonds is 4. The Morgan fingerprint density at radius 1 is 1.13 bits per heavy atom. The molecule has 1 N–H and O–H groups in total. The molecule has 1 amide bonds. The molecule has 0 bridgehead atoms. The molecule has 1 saturated heterocycles. The fourth-order valence-corrected chi connectivity index (χ4v) is 3.97. The van der Waals surface area contributed by atoms with Gasteiger partial charge in [0.05, 0.1) is 29.7 Å². The summed E-state index contributed by atoms with van der Waals surface area (Å²) < 4.78 is 18.1. The second kappa shape index (κ2) is 7.12. The van der Waals surface area contributed by atoms with Crippen molar-refractivity contribution >= 4 is 23.0 Å². The van der Waals surface area contributed by atoms with Crippen LogP contribution in [0.4, 0.5) is 10.2 Å². The summed E-state index contributed by atoms with van der Waals surface area (Å²) in [5.74, 6) is -0.285. The van der Waals surface area contributed by atoms with Gasteiger partial charge in [-0.15, -0.1) is 0 Å². The number of pyridine rings is 1. The third kappa shape index (κ3) is 3.44. The summed E-state index contributed by atoms with van der Waals surface area (Å²) in [5.41, 5.74) is 4.00. The molecule has 9 heteroatoms. The van der Waals surface area contributed by atoms with Crippen molar-refractivity contribution < 1.29 is 9.18 Å². The number of hydrogen-bond acceptors (Lipinski definition) is 5. The molecular weight excluding hydrogens is 397 g/mol. The number of imidazole rings is 2. The lowest BCUT2D eigenvalue weighted by atomic mass is 9.97. The molecule has 1 aliphatic heterocycles. The minimum atomic E-state index is -0.478. The van der Waals surface area contributed by atoms with Crippen LogP contribution in [-0.2, 0) is 4.79 Å². The molecule has 5 heterocycles. The van der Waals surface area contributed by atoms with Crippen molar-refractivity contribution in [1.29, 1.82) is 0 Å². The number of carbonyl (C=O) groups excluding carboxylic acids is 1. The molecule has 1 fully saturated rings. The first-order chi connectivity index (χ1) is 14.8. The molecule has 0 saturated carbocycles. The number of hydrogen-bond donors (Lipinski definition) is 1. The number of halogens is 1. The molecule has 31 heavy (non-hydrogen) atoms. The maximum atomic E-state index is 14.8. The van der Waals surface area contributed by atoms with Crippen LogP contribution in [0.2, 0.25) is 0 Å². The van der Waals surface area contributed by atoms with E-state index < -0.39 is 5.82 Å². The lowest BCUT2D eigenvalue weighted by molar-refractivity contribution is -0.125. The number of aryl methyl sites for hydroxylation is 2. The summed E-state index contributed by atoms with van der Waals surface area (Å²) in [7, 11) is 0. The van der Waals surface area contributed by atoms with Crippen LogP contribution in [0.25, 0.3) is 22.6 Å². The van der Waals surface area contributed by atoms with E-state index in [4.69, 9.17) is 0 Å². The number of fused-ring (bicyclic) bond motifs is 2. The fraction of sp³-hybridized carbons (Fsp3) is 0.364. The molecule has 4 aromatic rings. The summed E-state index contributed by atoms with van der Waals surface area (Å²) in [6.45, 7) is 9.54. The highest BCUT2D eigenvalue weighted by Gasteiger charge is 2.34. The maximum Gasteiger partial charge on any atom is 0.231 e. The second-order valence-corrected chi connectivity index (χ2v) is 8.53. The highest BCUT2D eigenvalue weighted by atomic mass is 19.1. The minimum absolute atomic E-state index is 0.0647. The van der Waals surface area contributed by atoms with Gasteiger partial charge in [0.2, 0.25) is 5.91 Å². The monoisotopic (exact) mass is 421 g/mol. The largest absolute Gasteiger partial charge is 0.309 e. The van der Waals surface area contributed by atoms with Crippen LogP contribution in [-0.4, -0.2) is 53.9 Å². The van der Waals surface area contributed by atoms with Crippen molar-refractivity contribution in [3.05, 3.63) is 47.8 Å². The summed E-state index contributed by atoms with van der Waals surface area (Å²) in [6.07, 6.45) is 5.24. The maximum absolute atomic E-state index is 14.8. The van der Waals surface area contributed by atoms with Crippen molar-refractivity contribution in [2.24, 2.45) is 5.92 Å². The van der Waals surface area contributed by atoms with Gasteiger partial charge in [0, 0.05) is 30.9 Å². The Morgan fingerprint density at radius 2 is 1.90 bits per heavy atom. The third-order valence-corrected chi connectivity index (χ3v) is 5.79. The Morgan fingerprint density at radius 3 is 2.65 bits per heavy atom. The zero-order valence-electron chi connectivity index (χ0n) is 17.9. The average molecular weight is 421 g/mol. The van der Waals surface area contributed by atoms with Crippen molar-refractivity contribution in [1.82, 2.24) is 28.9 Å². The lowest BCUT2D eigenvalue weighted by Crippen LogP contribution is -2.54. The molecule has 1 aliphatic rings. The average Bonchev–Trinajstić information content (AvgIpc) is 3.22. The van der Waals surface area contributed by atoms with Crippen molar-refractivity contribution in [2.45, 2.75) is 33.7 Å². The second-order valence-electron chi connectivity index (χ2n) is 8.53. The molecule has 0 unspecified atom stereocenters. The van der Waals surface area contributed by atoms with Gasteiger partial charge in [0.25, 0.3) is 0 Å². The molecular formula is C22H24FN7O. The van der Waals surface area contributed by atoms with Gasteiger partial charge in [-0.1, -0.05) is 0 Å². The van der Waals surface area contributed by atoms with E-state index in [0.29, 0.717) is 23.1 Å². The quantitative estimate of drug-likeness (QED) is 0.548. The van der Waals surface area contributed by atoms with E-state index in [9.17, 15) is 9.18 Å². The van der Waals surface area contributed by atoms with Crippen molar-refractivity contribution in [2.75, 3.05) is 18.4 Å². The Hall–Kier alpha value is -3.33. The Labute approximate surface area is 178 Å². The normalized spacial score (nSPS) is 15.2. The number of anilines is 1. The first-order valence-electron chi connectivity index (χ1n) is 10.4. The number of amides is 1. The summed E-state index contributed by atoms with van der Waals surface area (Å²) in [6, 6.07) is 3.73. The number of aromatic nitrogens is 5.